The summed E-state index contributed by atoms with van der Waals surface area (Å²) in [5, 5.41) is 14.0. The summed E-state index contributed by atoms with van der Waals surface area (Å²) >= 11 is 0. The molecule has 0 spiro atoms. The number of hydrogen-bond acceptors (Lipinski definition) is 7. The predicted molar refractivity (Wildman–Crippen MR) is 133 cm³/mol. The fourth-order valence-electron chi connectivity index (χ4n) is 3.77. The van der Waals surface area contributed by atoms with Crippen LogP contribution in [0.2, 0.25) is 0 Å². The van der Waals surface area contributed by atoms with E-state index < -0.39 is 17.4 Å². The third-order valence-electron chi connectivity index (χ3n) is 5.81. The number of aliphatic hydroxyl groups is 1. The monoisotopic (exact) mass is 479 g/mol. The largest absolute Gasteiger partial charge is 0.497 e. The number of methoxy groups -OCH3 is 1. The molecule has 4 rings (SSSR count). The Kier molecular flexibility index (Phi) is 6.92. The Morgan fingerprint density at radius 2 is 1.66 bits per heavy atom. The Morgan fingerprint density at radius 1 is 1.00 bits per heavy atom. The van der Waals surface area contributed by atoms with Crippen LogP contribution < -0.4 is 26.0 Å². The molecule has 2 aromatic heterocycles. The number of imidazole rings is 1. The normalized spacial score (nSPS) is 12.0. The molecule has 0 aliphatic carbocycles. The van der Waals surface area contributed by atoms with Gasteiger partial charge in [-0.1, -0.05) is 29.8 Å². The second-order valence-electron chi connectivity index (χ2n) is 8.40. The van der Waals surface area contributed by atoms with E-state index in [1.807, 2.05) is 31.2 Å². The number of anilines is 1. The van der Waals surface area contributed by atoms with E-state index in [4.69, 9.17) is 9.47 Å². The zero-order valence-electron chi connectivity index (χ0n) is 20.2. The first-order chi connectivity index (χ1) is 16.8. The molecule has 0 unspecified atom stereocenters. The highest BCUT2D eigenvalue weighted by Crippen LogP contribution is 2.19. The van der Waals surface area contributed by atoms with E-state index in [0.717, 1.165) is 15.7 Å². The van der Waals surface area contributed by atoms with Gasteiger partial charge in [0.15, 0.2) is 11.2 Å². The third kappa shape index (κ3) is 5.07. The van der Waals surface area contributed by atoms with Crippen molar-refractivity contribution in [2.75, 3.05) is 19.0 Å². The van der Waals surface area contributed by atoms with Gasteiger partial charge in [0.25, 0.3) is 5.56 Å². The molecule has 1 atom stereocenters. The third-order valence-corrected chi connectivity index (χ3v) is 5.81. The Morgan fingerprint density at radius 3 is 2.31 bits per heavy atom. The maximum absolute atomic E-state index is 13.0. The highest BCUT2D eigenvalue weighted by molar-refractivity contribution is 5.74. The summed E-state index contributed by atoms with van der Waals surface area (Å²) < 4.78 is 14.8. The Hall–Kier alpha value is -4.05. The highest BCUT2D eigenvalue weighted by atomic mass is 16.5. The molecular weight excluding hydrogens is 450 g/mol. The average molecular weight is 480 g/mol. The summed E-state index contributed by atoms with van der Waals surface area (Å²) in [6.45, 7) is 2.50. The molecule has 10 nitrogen and oxygen atoms in total. The van der Waals surface area contributed by atoms with Crippen molar-refractivity contribution in [2.45, 2.75) is 26.1 Å². The summed E-state index contributed by atoms with van der Waals surface area (Å²) in [4.78, 5) is 30.0. The fraction of sp³-hybridized carbons (Fsp3) is 0.320. The van der Waals surface area contributed by atoms with Crippen LogP contribution in [0.5, 0.6) is 11.5 Å². The molecule has 0 radical (unpaired) electrons. The standard InChI is InChI=1S/C25H29N5O5/c1-16-5-7-17(8-6-16)13-26-24-27-22-21(23(32)29(3)25(33)28(22)2)30(24)14-18(31)15-35-20-11-9-19(34-4)10-12-20/h5-12,18,31H,13-15H2,1-4H3,(H,26,27)/t18-/m0/s1. The zero-order valence-corrected chi connectivity index (χ0v) is 20.2. The maximum atomic E-state index is 13.0. The van der Waals surface area contributed by atoms with E-state index in [0.29, 0.717) is 24.0 Å². The minimum Gasteiger partial charge on any atom is -0.497 e. The maximum Gasteiger partial charge on any atom is 0.332 e. The van der Waals surface area contributed by atoms with Gasteiger partial charge in [0, 0.05) is 20.6 Å². The lowest BCUT2D eigenvalue weighted by Gasteiger charge is -2.16. The van der Waals surface area contributed by atoms with E-state index in [-0.39, 0.29) is 24.3 Å². The van der Waals surface area contributed by atoms with Crippen molar-refractivity contribution in [3.8, 4) is 11.5 Å². The molecular formula is C25H29N5O5. The van der Waals surface area contributed by atoms with Crippen LogP contribution in [0, 0.1) is 6.92 Å². The minimum atomic E-state index is -0.948. The van der Waals surface area contributed by atoms with Crippen LogP contribution in [0.1, 0.15) is 11.1 Å². The minimum absolute atomic E-state index is 0.00448. The first-order valence-electron chi connectivity index (χ1n) is 11.2. The molecule has 35 heavy (non-hydrogen) atoms. The Bertz CT molecular complexity index is 1440. The summed E-state index contributed by atoms with van der Waals surface area (Å²) in [5.41, 5.74) is 1.69. The van der Waals surface area contributed by atoms with E-state index in [2.05, 4.69) is 10.3 Å². The molecule has 0 saturated heterocycles. The first-order valence-corrected chi connectivity index (χ1v) is 11.2. The van der Waals surface area contributed by atoms with Crippen LogP contribution in [0.25, 0.3) is 11.2 Å². The zero-order chi connectivity index (χ0) is 25.1. The number of benzene rings is 2. The summed E-state index contributed by atoms with van der Waals surface area (Å²) in [6.07, 6.45) is -0.948. The van der Waals surface area contributed by atoms with Crippen LogP contribution >= 0.6 is 0 Å². The van der Waals surface area contributed by atoms with Gasteiger partial charge >= 0.3 is 5.69 Å². The molecule has 0 aliphatic heterocycles. The number of aliphatic hydroxyl groups excluding tert-OH is 1. The van der Waals surface area contributed by atoms with Crippen molar-refractivity contribution >= 4 is 17.1 Å². The van der Waals surface area contributed by atoms with Crippen LogP contribution in [-0.4, -0.2) is 43.6 Å². The quantitative estimate of drug-likeness (QED) is 0.376. The Labute approximate surface area is 202 Å². The van der Waals surface area contributed by atoms with E-state index in [1.165, 1.54) is 11.6 Å². The van der Waals surface area contributed by atoms with Crippen molar-refractivity contribution < 1.29 is 14.6 Å². The van der Waals surface area contributed by atoms with Gasteiger partial charge in [-0.2, -0.15) is 4.98 Å². The second-order valence-corrected chi connectivity index (χ2v) is 8.40. The number of rotatable bonds is 9. The van der Waals surface area contributed by atoms with E-state index in [9.17, 15) is 14.7 Å². The number of ether oxygens (including phenoxy) is 2. The van der Waals surface area contributed by atoms with Crippen molar-refractivity contribution in [2.24, 2.45) is 14.1 Å². The smallest absolute Gasteiger partial charge is 0.332 e. The van der Waals surface area contributed by atoms with Gasteiger partial charge in [-0.15, -0.1) is 0 Å². The molecule has 0 amide bonds. The van der Waals surface area contributed by atoms with Crippen molar-refractivity contribution in [3.63, 3.8) is 0 Å². The predicted octanol–water partition coefficient (Wildman–Crippen LogP) is 1.80. The lowest BCUT2D eigenvalue weighted by Crippen LogP contribution is -2.38. The van der Waals surface area contributed by atoms with Gasteiger partial charge in [-0.3, -0.25) is 13.9 Å². The molecule has 0 saturated carbocycles. The molecule has 184 valence electrons. The van der Waals surface area contributed by atoms with E-state index in [1.54, 1.807) is 43.0 Å². The van der Waals surface area contributed by atoms with Gasteiger partial charge in [-0.25, -0.2) is 4.79 Å². The SMILES string of the molecule is COc1ccc(OC[C@@H](O)Cn2c(NCc3ccc(C)cc3)nc3c2c(=O)n(C)c(=O)n3C)cc1. The number of nitrogens with one attached hydrogen (secondary N) is 1. The van der Waals surface area contributed by atoms with Gasteiger partial charge in [0.2, 0.25) is 5.95 Å². The van der Waals surface area contributed by atoms with Gasteiger partial charge in [0.1, 0.15) is 24.2 Å². The molecule has 2 aromatic carbocycles. The van der Waals surface area contributed by atoms with Crippen molar-refractivity contribution in [3.05, 3.63) is 80.5 Å². The lowest BCUT2D eigenvalue weighted by atomic mass is 10.1. The molecule has 2 N–H and O–H groups in total. The summed E-state index contributed by atoms with van der Waals surface area (Å²) in [5.74, 6) is 1.66. The van der Waals surface area contributed by atoms with Gasteiger partial charge in [-0.05, 0) is 36.8 Å². The van der Waals surface area contributed by atoms with Crippen LogP contribution in [0.15, 0.2) is 58.1 Å². The molecule has 2 heterocycles. The number of fused-ring (bicyclic) bond motifs is 1. The van der Waals surface area contributed by atoms with Gasteiger partial charge < -0.3 is 24.5 Å². The average Bonchev–Trinajstić information content (AvgIpc) is 3.23. The molecule has 0 aliphatic rings. The fourth-order valence-corrected chi connectivity index (χ4v) is 3.77. The van der Waals surface area contributed by atoms with Crippen LogP contribution in [0.4, 0.5) is 5.95 Å². The highest BCUT2D eigenvalue weighted by Gasteiger charge is 2.21. The summed E-state index contributed by atoms with van der Waals surface area (Å²) in [6, 6.07) is 15.1. The first kappa shape index (κ1) is 24.1. The van der Waals surface area contributed by atoms with Crippen LogP contribution in [-0.2, 0) is 27.2 Å². The Balaban J connectivity index is 1.62. The van der Waals surface area contributed by atoms with Crippen molar-refractivity contribution in [1.82, 2.24) is 18.7 Å². The molecule has 0 fully saturated rings. The van der Waals surface area contributed by atoms with E-state index >= 15 is 0 Å². The van der Waals surface area contributed by atoms with Crippen LogP contribution in [0.3, 0.4) is 0 Å². The topological polar surface area (TPSA) is 113 Å². The molecule has 0 bridgehead atoms. The second kappa shape index (κ2) is 10.1. The summed E-state index contributed by atoms with van der Waals surface area (Å²) in [7, 11) is 4.57. The van der Waals surface area contributed by atoms with Gasteiger partial charge in [0.05, 0.1) is 13.7 Å². The number of nitrogens with zero attached hydrogens (tertiary/aromatic N) is 4. The number of hydrogen-bond donors (Lipinski definition) is 2. The number of aryl methyl sites for hydroxylation is 2. The molecule has 10 heteroatoms. The number of aromatic nitrogens is 4. The lowest BCUT2D eigenvalue weighted by molar-refractivity contribution is 0.0938. The molecule has 4 aromatic rings. The van der Waals surface area contributed by atoms with Crippen molar-refractivity contribution in [1.29, 1.82) is 0 Å².